The number of carboxylic acid groups (broad SMARTS) is 1. The second-order valence-corrected chi connectivity index (χ2v) is 4.46. The van der Waals surface area contributed by atoms with Crippen LogP contribution < -0.4 is 0 Å². The smallest absolute Gasteiger partial charge is 0.356 e. The first-order chi connectivity index (χ1) is 5.91. The third-order valence-electron chi connectivity index (χ3n) is 1.24. The summed E-state index contributed by atoms with van der Waals surface area (Å²) in [6, 6.07) is 0. The number of hydrogen-bond donors (Lipinski definition) is 3. The molecule has 0 saturated heterocycles. The number of rotatable bonds is 2. The lowest BCUT2D eigenvalue weighted by molar-refractivity contribution is 0.0689. The Hall–Kier alpha value is -1.18. The van der Waals surface area contributed by atoms with Gasteiger partial charge in [-0.15, -0.1) is 0 Å². The van der Waals surface area contributed by atoms with Gasteiger partial charge in [-0.25, -0.2) is 14.8 Å². The van der Waals surface area contributed by atoms with Crippen LogP contribution in [0.1, 0.15) is 10.5 Å². The van der Waals surface area contributed by atoms with E-state index in [-0.39, 0.29) is 10.7 Å². The highest BCUT2D eigenvalue weighted by Gasteiger charge is 2.12. The Kier molecular flexibility index (Phi) is 2.50. The summed E-state index contributed by atoms with van der Waals surface area (Å²) in [5, 5.41) is 8.44. The fourth-order valence-electron chi connectivity index (χ4n) is 0.626. The van der Waals surface area contributed by atoms with Crippen LogP contribution in [0.15, 0.2) is 17.4 Å². The van der Waals surface area contributed by atoms with Gasteiger partial charge in [-0.05, 0) is 0 Å². The van der Waals surface area contributed by atoms with E-state index in [1.165, 1.54) is 6.26 Å². The first-order valence-corrected chi connectivity index (χ1v) is 5.15. The van der Waals surface area contributed by atoms with Crippen molar-refractivity contribution in [1.29, 1.82) is 0 Å². The number of aromatic nitrogens is 2. The van der Waals surface area contributed by atoms with Crippen molar-refractivity contribution in [2.24, 2.45) is 0 Å². The summed E-state index contributed by atoms with van der Waals surface area (Å²) in [6.07, 6.45) is 3.21. The van der Waals surface area contributed by atoms with Gasteiger partial charge in [-0.3, -0.25) is 9.11 Å². The average molecular weight is 204 g/mol. The molecule has 0 saturated carbocycles. The van der Waals surface area contributed by atoms with E-state index in [1.807, 2.05) is 0 Å². The first kappa shape index (κ1) is 9.90. The summed E-state index contributed by atoms with van der Waals surface area (Å²) in [6.45, 7) is 0. The van der Waals surface area contributed by atoms with Crippen molar-refractivity contribution in [2.45, 2.75) is 5.03 Å². The van der Waals surface area contributed by atoms with Gasteiger partial charge >= 0.3 is 5.97 Å². The number of carbonyl (C=O) groups is 1. The van der Waals surface area contributed by atoms with Gasteiger partial charge in [0.15, 0.2) is 10.7 Å². The molecule has 1 rings (SSSR count). The number of hydrogen-bond acceptors (Lipinski definition) is 5. The Balaban J connectivity index is 3.01. The molecule has 0 unspecified atom stereocenters. The summed E-state index contributed by atoms with van der Waals surface area (Å²) in [4.78, 5) is 17.4. The summed E-state index contributed by atoms with van der Waals surface area (Å²) in [7, 11) is -2.91. The molecule has 0 fully saturated rings. The van der Waals surface area contributed by atoms with Gasteiger partial charge in [0.05, 0.1) is 12.4 Å². The molecule has 7 heteroatoms. The van der Waals surface area contributed by atoms with E-state index in [0.717, 1.165) is 12.4 Å². The highest BCUT2D eigenvalue weighted by molar-refractivity contribution is 8.23. The Morgan fingerprint density at radius 3 is 2.31 bits per heavy atom. The van der Waals surface area contributed by atoms with Crippen molar-refractivity contribution in [3.8, 4) is 0 Å². The minimum Gasteiger partial charge on any atom is -0.476 e. The second kappa shape index (κ2) is 3.29. The van der Waals surface area contributed by atoms with Crippen LogP contribution >= 0.6 is 10.6 Å². The van der Waals surface area contributed by atoms with Gasteiger partial charge < -0.3 is 5.11 Å². The summed E-state index contributed by atoms with van der Waals surface area (Å²) >= 11 is 0. The van der Waals surface area contributed by atoms with Crippen LogP contribution in [0.4, 0.5) is 0 Å². The molecule has 1 aromatic heterocycles. The third-order valence-corrected chi connectivity index (χ3v) is 2.25. The van der Waals surface area contributed by atoms with E-state index in [2.05, 4.69) is 9.97 Å². The number of aromatic carboxylic acids is 1. The van der Waals surface area contributed by atoms with Crippen molar-refractivity contribution in [2.75, 3.05) is 6.26 Å². The van der Waals surface area contributed by atoms with Crippen molar-refractivity contribution in [1.82, 2.24) is 9.97 Å². The lowest BCUT2D eigenvalue weighted by Gasteiger charge is -2.24. The van der Waals surface area contributed by atoms with Crippen molar-refractivity contribution in [3.63, 3.8) is 0 Å². The number of nitrogens with zero attached hydrogens (tertiary/aromatic N) is 2. The molecule has 0 spiro atoms. The van der Waals surface area contributed by atoms with Gasteiger partial charge in [0.1, 0.15) is 0 Å². The maximum atomic E-state index is 10.3. The SMILES string of the molecule is CS(O)(O)c1cnc(C(=O)O)cn1. The zero-order chi connectivity index (χ0) is 10.1. The fourth-order valence-corrected chi connectivity index (χ4v) is 1.13. The Morgan fingerprint density at radius 2 is 2.00 bits per heavy atom. The first-order valence-electron chi connectivity index (χ1n) is 3.20. The topological polar surface area (TPSA) is 104 Å². The lowest BCUT2D eigenvalue weighted by Crippen LogP contribution is -2.04. The quantitative estimate of drug-likeness (QED) is 0.661. The van der Waals surface area contributed by atoms with Crippen LogP contribution in [0.25, 0.3) is 0 Å². The standard InChI is InChI=1S/C6H8N2O4S/c1-13(11,12)5-3-7-4(2-8-5)6(9)10/h2-3,11-12H,1H3,(H,9,10). The molecule has 1 heterocycles. The second-order valence-electron chi connectivity index (χ2n) is 2.38. The monoisotopic (exact) mass is 204 g/mol. The molecule has 72 valence electrons. The van der Waals surface area contributed by atoms with Gasteiger partial charge in [0.25, 0.3) is 0 Å². The minimum absolute atomic E-state index is 0.0162. The summed E-state index contributed by atoms with van der Waals surface area (Å²) < 4.78 is 18.2. The molecule has 0 radical (unpaired) electrons. The molecule has 0 atom stereocenters. The summed E-state index contributed by atoms with van der Waals surface area (Å²) in [5.41, 5.74) is -0.229. The molecule has 6 nitrogen and oxygen atoms in total. The molecule has 0 aromatic carbocycles. The molecule has 13 heavy (non-hydrogen) atoms. The van der Waals surface area contributed by atoms with Crippen LogP contribution in [0, 0.1) is 0 Å². The predicted molar refractivity (Wildman–Crippen MR) is 46.0 cm³/mol. The summed E-state index contributed by atoms with van der Waals surface area (Å²) in [5.74, 6) is -1.20. The van der Waals surface area contributed by atoms with Crippen LogP contribution in [-0.2, 0) is 0 Å². The molecule has 1 aromatic rings. The minimum atomic E-state index is -2.91. The molecule has 0 bridgehead atoms. The van der Waals surface area contributed by atoms with E-state index in [4.69, 9.17) is 14.2 Å². The van der Waals surface area contributed by atoms with Crippen LogP contribution in [0.3, 0.4) is 0 Å². The molecule has 0 aliphatic rings. The molecule has 0 aliphatic carbocycles. The highest BCUT2D eigenvalue weighted by Crippen LogP contribution is 2.41. The Bertz CT molecular complexity index is 318. The fraction of sp³-hybridized carbons (Fsp3) is 0.167. The van der Waals surface area contributed by atoms with Crippen molar-refractivity contribution < 1.29 is 19.0 Å². The van der Waals surface area contributed by atoms with E-state index >= 15 is 0 Å². The van der Waals surface area contributed by atoms with Crippen LogP contribution in [0.2, 0.25) is 0 Å². The maximum absolute atomic E-state index is 10.3. The largest absolute Gasteiger partial charge is 0.476 e. The number of carboxylic acids is 1. The van der Waals surface area contributed by atoms with Gasteiger partial charge in [0.2, 0.25) is 0 Å². The van der Waals surface area contributed by atoms with Crippen LogP contribution in [0.5, 0.6) is 0 Å². The lowest BCUT2D eigenvalue weighted by atomic mass is 10.5. The molecule has 0 amide bonds. The van der Waals surface area contributed by atoms with Crippen LogP contribution in [-0.4, -0.2) is 36.4 Å². The van der Waals surface area contributed by atoms with E-state index in [9.17, 15) is 4.79 Å². The Morgan fingerprint density at radius 1 is 1.38 bits per heavy atom. The normalized spacial score (nSPS) is 12.5. The van der Waals surface area contributed by atoms with Crippen molar-refractivity contribution in [3.05, 3.63) is 18.1 Å². The molecule has 3 N–H and O–H groups in total. The van der Waals surface area contributed by atoms with E-state index in [0.29, 0.717) is 0 Å². The van der Waals surface area contributed by atoms with Gasteiger partial charge in [0, 0.05) is 6.26 Å². The van der Waals surface area contributed by atoms with E-state index in [1.54, 1.807) is 0 Å². The predicted octanol–water partition coefficient (Wildman–Crippen LogP) is 0.914. The average Bonchev–Trinajstić information content (AvgIpc) is 2.03. The zero-order valence-electron chi connectivity index (χ0n) is 6.71. The highest BCUT2D eigenvalue weighted by atomic mass is 32.3. The van der Waals surface area contributed by atoms with Gasteiger partial charge in [-0.1, -0.05) is 0 Å². The van der Waals surface area contributed by atoms with E-state index < -0.39 is 16.6 Å². The zero-order valence-corrected chi connectivity index (χ0v) is 7.52. The molecular formula is C6H8N2O4S. The molecule has 0 aliphatic heterocycles. The Labute approximate surface area is 75.6 Å². The van der Waals surface area contributed by atoms with Crippen molar-refractivity contribution >= 4 is 16.6 Å². The maximum Gasteiger partial charge on any atom is 0.356 e. The third kappa shape index (κ3) is 2.38. The van der Waals surface area contributed by atoms with Gasteiger partial charge in [-0.2, -0.15) is 10.6 Å². The molecular weight excluding hydrogens is 196 g/mol.